The minimum Gasteiger partial charge on any atom is -0.396 e. The molecule has 0 aliphatic carbocycles. The molecule has 1 aromatic rings. The van der Waals surface area contributed by atoms with Gasteiger partial charge in [0.05, 0.1) is 16.8 Å². The maximum absolute atomic E-state index is 5.77. The van der Waals surface area contributed by atoms with Crippen LogP contribution in [0.5, 0.6) is 0 Å². The summed E-state index contributed by atoms with van der Waals surface area (Å²) < 4.78 is 5.53. The van der Waals surface area contributed by atoms with Gasteiger partial charge in [0.15, 0.2) is 0 Å². The number of nitrogens with two attached hydrogens (primary N) is 1. The van der Waals surface area contributed by atoms with Crippen molar-refractivity contribution in [2.45, 2.75) is 25.4 Å². The lowest BCUT2D eigenvalue weighted by atomic mass is 10.2. The first-order valence-electron chi connectivity index (χ1n) is 5.52. The van der Waals surface area contributed by atoms with Gasteiger partial charge < -0.3 is 15.8 Å². The van der Waals surface area contributed by atoms with Crippen LogP contribution in [0.2, 0.25) is 5.02 Å². The van der Waals surface area contributed by atoms with Gasteiger partial charge in [-0.2, -0.15) is 0 Å². The molecule has 4 nitrogen and oxygen atoms in total. The molecule has 0 aromatic carbocycles. The third-order valence-electron chi connectivity index (χ3n) is 2.67. The summed E-state index contributed by atoms with van der Waals surface area (Å²) in [6.45, 7) is 1.72. The second kappa shape index (κ2) is 5.37. The fourth-order valence-electron chi connectivity index (χ4n) is 1.83. The van der Waals surface area contributed by atoms with E-state index in [0.717, 1.165) is 26.0 Å². The van der Waals surface area contributed by atoms with Crippen LogP contribution in [0.25, 0.3) is 0 Å². The van der Waals surface area contributed by atoms with Crippen molar-refractivity contribution in [2.24, 2.45) is 0 Å². The lowest BCUT2D eigenvalue weighted by molar-refractivity contribution is 0.107. The highest BCUT2D eigenvalue weighted by molar-refractivity contribution is 6.30. The summed E-state index contributed by atoms with van der Waals surface area (Å²) in [6.07, 6.45) is 5.30. The molecule has 1 aliphatic heterocycles. The number of anilines is 2. The summed E-state index contributed by atoms with van der Waals surface area (Å²) in [7, 11) is 0. The second-order valence-corrected chi connectivity index (χ2v) is 4.38. The number of pyridine rings is 1. The zero-order valence-corrected chi connectivity index (χ0v) is 9.83. The molecule has 1 aliphatic rings. The first-order chi connectivity index (χ1) is 7.75. The van der Waals surface area contributed by atoms with E-state index in [1.807, 2.05) is 0 Å². The van der Waals surface area contributed by atoms with Crippen LogP contribution in [0.1, 0.15) is 19.3 Å². The Bertz CT molecular complexity index is 353. The van der Waals surface area contributed by atoms with Crippen molar-refractivity contribution in [2.75, 3.05) is 24.2 Å². The normalized spacial score (nSPS) is 19.9. The molecule has 1 fully saturated rings. The second-order valence-electron chi connectivity index (χ2n) is 3.94. The summed E-state index contributed by atoms with van der Waals surface area (Å²) in [5, 5.41) is 3.75. The number of nitrogens with zero attached hydrogens (tertiary/aromatic N) is 1. The predicted octanol–water partition coefficient (Wildman–Crippen LogP) is 2.30. The molecule has 2 heterocycles. The summed E-state index contributed by atoms with van der Waals surface area (Å²) in [4.78, 5) is 4.13. The monoisotopic (exact) mass is 241 g/mol. The van der Waals surface area contributed by atoms with E-state index >= 15 is 0 Å². The molecule has 2 rings (SSSR count). The minimum atomic E-state index is 0.390. The van der Waals surface area contributed by atoms with Crippen LogP contribution in [0.15, 0.2) is 12.3 Å². The number of hydrogen-bond donors (Lipinski definition) is 2. The van der Waals surface area contributed by atoms with E-state index in [2.05, 4.69) is 10.3 Å². The van der Waals surface area contributed by atoms with Crippen molar-refractivity contribution in [3.8, 4) is 0 Å². The van der Waals surface area contributed by atoms with E-state index in [9.17, 15) is 0 Å². The molecule has 1 saturated heterocycles. The average molecular weight is 242 g/mol. The highest BCUT2D eigenvalue weighted by atomic mass is 35.5. The van der Waals surface area contributed by atoms with Crippen LogP contribution in [0, 0.1) is 0 Å². The maximum atomic E-state index is 5.77. The van der Waals surface area contributed by atoms with E-state index < -0.39 is 0 Å². The van der Waals surface area contributed by atoms with Gasteiger partial charge in [-0.15, -0.1) is 0 Å². The third kappa shape index (κ3) is 3.00. The highest BCUT2D eigenvalue weighted by Crippen LogP contribution is 2.20. The van der Waals surface area contributed by atoms with Crippen molar-refractivity contribution in [1.82, 2.24) is 4.98 Å². The number of nitrogen functional groups attached to an aromatic ring is 1. The third-order valence-corrected chi connectivity index (χ3v) is 2.87. The van der Waals surface area contributed by atoms with Gasteiger partial charge in [-0.3, -0.25) is 0 Å². The molecule has 0 amide bonds. The fraction of sp³-hybridized carbons (Fsp3) is 0.545. The number of aromatic nitrogens is 1. The van der Waals surface area contributed by atoms with Gasteiger partial charge in [0.1, 0.15) is 5.82 Å². The Kier molecular flexibility index (Phi) is 3.85. The Hall–Kier alpha value is -1.00. The van der Waals surface area contributed by atoms with E-state index in [1.54, 1.807) is 12.3 Å². The van der Waals surface area contributed by atoms with Gasteiger partial charge in [-0.05, 0) is 25.3 Å². The number of hydrogen-bond acceptors (Lipinski definition) is 4. The molecule has 1 aromatic heterocycles. The zero-order chi connectivity index (χ0) is 11.4. The molecule has 0 bridgehead atoms. The van der Waals surface area contributed by atoms with E-state index in [-0.39, 0.29) is 0 Å². The zero-order valence-electron chi connectivity index (χ0n) is 9.08. The van der Waals surface area contributed by atoms with Crippen LogP contribution in [-0.4, -0.2) is 24.2 Å². The predicted molar refractivity (Wildman–Crippen MR) is 65.7 cm³/mol. The van der Waals surface area contributed by atoms with Crippen LogP contribution >= 0.6 is 11.6 Å². The van der Waals surface area contributed by atoms with E-state index in [1.165, 1.54) is 6.42 Å². The Labute approximate surface area is 100 Å². The maximum Gasteiger partial charge on any atom is 0.149 e. The van der Waals surface area contributed by atoms with Crippen LogP contribution in [-0.2, 0) is 4.74 Å². The molecule has 0 saturated carbocycles. The van der Waals surface area contributed by atoms with Gasteiger partial charge in [-0.1, -0.05) is 11.6 Å². The Morgan fingerprint density at radius 3 is 3.19 bits per heavy atom. The first kappa shape index (κ1) is 11.5. The van der Waals surface area contributed by atoms with Gasteiger partial charge in [0.2, 0.25) is 0 Å². The fourth-order valence-corrected chi connectivity index (χ4v) is 1.99. The Balaban J connectivity index is 1.80. The van der Waals surface area contributed by atoms with Crippen LogP contribution < -0.4 is 11.1 Å². The topological polar surface area (TPSA) is 60.2 Å². The Morgan fingerprint density at radius 2 is 2.50 bits per heavy atom. The SMILES string of the molecule is Nc1cc(Cl)cnc1NCCC1CCCO1. The largest absolute Gasteiger partial charge is 0.396 e. The summed E-state index contributed by atoms with van der Waals surface area (Å²) in [5.74, 6) is 0.697. The molecule has 16 heavy (non-hydrogen) atoms. The van der Waals surface area contributed by atoms with Gasteiger partial charge >= 0.3 is 0 Å². The van der Waals surface area contributed by atoms with E-state index in [4.69, 9.17) is 22.1 Å². The molecule has 3 N–H and O–H groups in total. The summed E-state index contributed by atoms with van der Waals surface area (Å²) >= 11 is 5.76. The standard InChI is InChI=1S/C11H16ClN3O/c12-8-6-10(13)11(15-7-8)14-4-3-9-2-1-5-16-9/h6-7,9H,1-5,13H2,(H,14,15). The van der Waals surface area contributed by atoms with Crippen molar-refractivity contribution in [1.29, 1.82) is 0 Å². The van der Waals surface area contributed by atoms with Gasteiger partial charge in [-0.25, -0.2) is 4.98 Å². The summed E-state index contributed by atoms with van der Waals surface area (Å²) in [5.41, 5.74) is 6.36. The van der Waals surface area contributed by atoms with Gasteiger partial charge in [0, 0.05) is 19.3 Å². The van der Waals surface area contributed by atoms with Gasteiger partial charge in [0.25, 0.3) is 0 Å². The van der Waals surface area contributed by atoms with Crippen molar-refractivity contribution in [3.05, 3.63) is 17.3 Å². The van der Waals surface area contributed by atoms with Crippen molar-refractivity contribution >= 4 is 23.1 Å². The van der Waals surface area contributed by atoms with Crippen LogP contribution in [0.4, 0.5) is 11.5 Å². The quantitative estimate of drug-likeness (QED) is 0.849. The first-order valence-corrected chi connectivity index (χ1v) is 5.90. The highest BCUT2D eigenvalue weighted by Gasteiger charge is 2.14. The van der Waals surface area contributed by atoms with Crippen molar-refractivity contribution < 1.29 is 4.74 Å². The molecule has 1 atom stereocenters. The molecule has 0 radical (unpaired) electrons. The molecule has 0 spiro atoms. The average Bonchev–Trinajstić information content (AvgIpc) is 2.74. The number of nitrogens with one attached hydrogen (secondary N) is 1. The summed E-state index contributed by atoms with van der Waals surface area (Å²) in [6, 6.07) is 1.70. The minimum absolute atomic E-state index is 0.390. The molecular formula is C11H16ClN3O. The lowest BCUT2D eigenvalue weighted by Crippen LogP contribution is -2.13. The van der Waals surface area contributed by atoms with E-state index in [0.29, 0.717) is 22.6 Å². The molecular weight excluding hydrogens is 226 g/mol. The number of rotatable bonds is 4. The molecule has 1 unspecified atom stereocenters. The molecule has 88 valence electrons. The molecule has 5 heteroatoms. The van der Waals surface area contributed by atoms with Crippen LogP contribution in [0.3, 0.4) is 0 Å². The van der Waals surface area contributed by atoms with Crippen molar-refractivity contribution in [3.63, 3.8) is 0 Å². The number of halogens is 1. The smallest absolute Gasteiger partial charge is 0.149 e. The number of ether oxygens (including phenoxy) is 1. The Morgan fingerprint density at radius 1 is 1.62 bits per heavy atom. The lowest BCUT2D eigenvalue weighted by Gasteiger charge is -2.11.